The smallest absolute Gasteiger partial charge is 0.343 e. The van der Waals surface area contributed by atoms with Crippen molar-refractivity contribution >= 4 is 23.5 Å². The van der Waals surface area contributed by atoms with Crippen LogP contribution in [0.15, 0.2) is 11.4 Å². The Morgan fingerprint density at radius 3 is 3.10 bits per heavy atom. The Hall–Kier alpha value is -1.34. The molecule has 1 aromatic rings. The maximum Gasteiger partial charge on any atom is 0.343 e. The largest absolute Gasteiger partial charge is 0.462 e. The molecule has 1 saturated heterocycles. The molecule has 1 unspecified atom stereocenters. The average Bonchev–Trinajstić information content (AvgIpc) is 2.46. The van der Waals surface area contributed by atoms with E-state index in [9.17, 15) is 4.79 Å². The number of hydrogen-bond donors (Lipinski definition) is 1. The molecule has 1 aliphatic heterocycles. The third-order valence-corrected chi connectivity index (χ3v) is 3.96. The van der Waals surface area contributed by atoms with E-state index in [1.807, 2.05) is 0 Å². The molecule has 1 atom stereocenters. The molecule has 0 aliphatic carbocycles. The average molecular weight is 297 g/mol. The van der Waals surface area contributed by atoms with E-state index in [4.69, 9.17) is 15.2 Å². The number of ether oxygens (including phenoxy) is 2. The van der Waals surface area contributed by atoms with Gasteiger partial charge in [0.05, 0.1) is 12.7 Å². The van der Waals surface area contributed by atoms with E-state index in [1.165, 1.54) is 24.4 Å². The topological polar surface area (TPSA) is 87.3 Å². The van der Waals surface area contributed by atoms with Crippen molar-refractivity contribution in [3.63, 3.8) is 0 Å². The van der Waals surface area contributed by atoms with Crippen LogP contribution in [0.1, 0.15) is 36.5 Å². The Balaban J connectivity index is 1.92. The lowest BCUT2D eigenvalue weighted by Gasteiger charge is -2.21. The number of nitrogens with two attached hydrogens (primary N) is 1. The van der Waals surface area contributed by atoms with Gasteiger partial charge in [0.2, 0.25) is 0 Å². The zero-order valence-corrected chi connectivity index (χ0v) is 12.3. The van der Waals surface area contributed by atoms with Crippen LogP contribution in [0.3, 0.4) is 0 Å². The first-order valence-electron chi connectivity index (χ1n) is 6.74. The van der Waals surface area contributed by atoms with Crippen molar-refractivity contribution < 1.29 is 14.3 Å². The first-order chi connectivity index (χ1) is 9.70. The van der Waals surface area contributed by atoms with Crippen molar-refractivity contribution in [3.05, 3.63) is 11.8 Å². The van der Waals surface area contributed by atoms with E-state index in [0.29, 0.717) is 11.8 Å². The summed E-state index contributed by atoms with van der Waals surface area (Å²) >= 11 is 1.50. The number of thioether (sulfide) groups is 1. The fraction of sp³-hybridized carbons (Fsp3) is 0.615. The van der Waals surface area contributed by atoms with Crippen LogP contribution >= 0.6 is 11.8 Å². The normalized spacial score (nSPS) is 18.8. The summed E-state index contributed by atoms with van der Waals surface area (Å²) in [7, 11) is 0. The zero-order valence-electron chi connectivity index (χ0n) is 11.5. The molecule has 0 saturated carbocycles. The molecule has 1 aromatic heterocycles. The summed E-state index contributed by atoms with van der Waals surface area (Å²) in [5.41, 5.74) is 5.98. The van der Waals surface area contributed by atoms with Crippen molar-refractivity contribution in [2.24, 2.45) is 0 Å². The van der Waals surface area contributed by atoms with E-state index < -0.39 is 5.97 Å². The number of nitrogens with zero attached hydrogens (tertiary/aromatic N) is 2. The number of esters is 1. The minimum Gasteiger partial charge on any atom is -0.462 e. The number of nitrogen functional groups attached to an aromatic ring is 1. The minimum absolute atomic E-state index is 0.158. The third-order valence-electron chi connectivity index (χ3n) is 2.96. The number of aromatic nitrogens is 2. The van der Waals surface area contributed by atoms with Gasteiger partial charge in [-0.3, -0.25) is 0 Å². The second kappa shape index (κ2) is 7.44. The third kappa shape index (κ3) is 4.08. The number of rotatable bonds is 5. The Morgan fingerprint density at radius 2 is 2.45 bits per heavy atom. The van der Waals surface area contributed by atoms with Gasteiger partial charge in [-0.1, -0.05) is 11.8 Å². The molecule has 0 bridgehead atoms. The number of carbonyl (C=O) groups is 1. The van der Waals surface area contributed by atoms with E-state index >= 15 is 0 Å². The molecule has 0 spiro atoms. The van der Waals surface area contributed by atoms with Gasteiger partial charge in [0.15, 0.2) is 5.16 Å². The van der Waals surface area contributed by atoms with Crippen LogP contribution < -0.4 is 5.73 Å². The molecule has 1 aliphatic rings. The van der Waals surface area contributed by atoms with Gasteiger partial charge in [-0.15, -0.1) is 0 Å². The van der Waals surface area contributed by atoms with E-state index in [0.717, 1.165) is 25.2 Å². The van der Waals surface area contributed by atoms with Gasteiger partial charge in [0, 0.05) is 18.6 Å². The minimum atomic E-state index is -0.489. The van der Waals surface area contributed by atoms with Gasteiger partial charge in [0.1, 0.15) is 11.4 Å². The maximum absolute atomic E-state index is 11.6. The van der Waals surface area contributed by atoms with Crippen LogP contribution in [-0.2, 0) is 9.47 Å². The summed E-state index contributed by atoms with van der Waals surface area (Å²) in [5.74, 6) is 0.473. The lowest BCUT2D eigenvalue weighted by atomic mass is 10.1. The number of carbonyl (C=O) groups excluding carboxylic acids is 1. The van der Waals surface area contributed by atoms with Crippen LogP contribution in [0.5, 0.6) is 0 Å². The summed E-state index contributed by atoms with van der Waals surface area (Å²) < 4.78 is 10.5. The van der Waals surface area contributed by atoms with Gasteiger partial charge >= 0.3 is 5.97 Å². The second-order valence-electron chi connectivity index (χ2n) is 4.47. The SMILES string of the molecule is CCOC(=O)c1cnc(SCC2CCCCO2)nc1N. The van der Waals surface area contributed by atoms with E-state index in [-0.39, 0.29) is 17.5 Å². The fourth-order valence-electron chi connectivity index (χ4n) is 1.92. The van der Waals surface area contributed by atoms with Crippen LogP contribution in [-0.4, -0.2) is 41.0 Å². The Labute approximate surface area is 122 Å². The summed E-state index contributed by atoms with van der Waals surface area (Å²) in [4.78, 5) is 19.8. The monoisotopic (exact) mass is 297 g/mol. The number of hydrogen-bond acceptors (Lipinski definition) is 7. The molecule has 7 heteroatoms. The highest BCUT2D eigenvalue weighted by Gasteiger charge is 2.17. The van der Waals surface area contributed by atoms with Gasteiger partial charge in [0.25, 0.3) is 0 Å². The predicted octanol–water partition coefficient (Wildman–Crippen LogP) is 1.90. The second-order valence-corrected chi connectivity index (χ2v) is 5.46. The molecule has 2 heterocycles. The van der Waals surface area contributed by atoms with Gasteiger partial charge in [-0.25, -0.2) is 14.8 Å². The van der Waals surface area contributed by atoms with Gasteiger partial charge in [-0.2, -0.15) is 0 Å². The van der Waals surface area contributed by atoms with Crippen LogP contribution in [0.25, 0.3) is 0 Å². The van der Waals surface area contributed by atoms with Crippen LogP contribution in [0.2, 0.25) is 0 Å². The molecule has 0 amide bonds. The summed E-state index contributed by atoms with van der Waals surface area (Å²) in [6, 6.07) is 0. The molecule has 2 N–H and O–H groups in total. The Morgan fingerprint density at radius 1 is 1.60 bits per heavy atom. The van der Waals surface area contributed by atoms with E-state index in [1.54, 1.807) is 6.92 Å². The highest BCUT2D eigenvalue weighted by molar-refractivity contribution is 7.99. The molecule has 20 heavy (non-hydrogen) atoms. The summed E-state index contributed by atoms with van der Waals surface area (Å²) in [6.45, 7) is 2.87. The first-order valence-corrected chi connectivity index (χ1v) is 7.73. The molecule has 110 valence electrons. The molecular formula is C13H19N3O3S. The van der Waals surface area contributed by atoms with Gasteiger partial charge in [-0.05, 0) is 26.2 Å². The van der Waals surface area contributed by atoms with Crippen molar-refractivity contribution in [2.45, 2.75) is 37.4 Å². The predicted molar refractivity (Wildman–Crippen MR) is 76.7 cm³/mol. The molecule has 2 rings (SSSR count). The molecule has 0 radical (unpaired) electrons. The summed E-state index contributed by atoms with van der Waals surface area (Å²) in [5, 5.41) is 0.560. The van der Waals surface area contributed by atoms with Crippen molar-refractivity contribution in [1.29, 1.82) is 0 Å². The fourth-order valence-corrected chi connectivity index (χ4v) is 2.81. The summed E-state index contributed by atoms with van der Waals surface area (Å²) in [6.07, 6.45) is 5.09. The maximum atomic E-state index is 11.6. The Kier molecular flexibility index (Phi) is 5.60. The van der Waals surface area contributed by atoms with Crippen molar-refractivity contribution in [1.82, 2.24) is 9.97 Å². The van der Waals surface area contributed by atoms with E-state index in [2.05, 4.69) is 9.97 Å². The lowest BCUT2D eigenvalue weighted by molar-refractivity contribution is 0.0315. The quantitative estimate of drug-likeness (QED) is 0.504. The van der Waals surface area contributed by atoms with Crippen LogP contribution in [0.4, 0.5) is 5.82 Å². The molecule has 1 fully saturated rings. The molecular weight excluding hydrogens is 278 g/mol. The highest BCUT2D eigenvalue weighted by Crippen LogP contribution is 2.22. The molecule has 0 aromatic carbocycles. The first kappa shape index (κ1) is 15.1. The zero-order chi connectivity index (χ0) is 14.4. The van der Waals surface area contributed by atoms with Crippen LogP contribution in [0, 0.1) is 0 Å². The lowest BCUT2D eigenvalue weighted by Crippen LogP contribution is -2.21. The molecule has 6 nitrogen and oxygen atoms in total. The Bertz CT molecular complexity index is 464. The van der Waals surface area contributed by atoms with Crippen molar-refractivity contribution in [2.75, 3.05) is 24.7 Å². The number of anilines is 1. The standard InChI is InChI=1S/C13H19N3O3S/c1-2-18-12(17)10-7-15-13(16-11(10)14)20-8-9-5-3-4-6-19-9/h7,9H,2-6,8H2,1H3,(H2,14,15,16). The van der Waals surface area contributed by atoms with Gasteiger partial charge < -0.3 is 15.2 Å². The van der Waals surface area contributed by atoms with Crippen molar-refractivity contribution in [3.8, 4) is 0 Å². The highest BCUT2D eigenvalue weighted by atomic mass is 32.2.